The number of esters is 1. The number of ether oxygens (including phenoxy) is 1. The number of aromatic nitrogens is 1. The molecule has 0 unspecified atom stereocenters. The van der Waals surface area contributed by atoms with Gasteiger partial charge in [-0.05, 0) is 12.1 Å². The molecule has 0 saturated carbocycles. The molecule has 0 radical (unpaired) electrons. The Morgan fingerprint density at radius 1 is 1.04 bits per heavy atom. The van der Waals surface area contributed by atoms with Crippen molar-refractivity contribution in [1.82, 2.24) is 9.71 Å². The van der Waals surface area contributed by atoms with Crippen molar-refractivity contribution in [2.45, 2.75) is 11.4 Å². The quantitative estimate of drug-likeness (QED) is 0.627. The second-order valence-electron chi connectivity index (χ2n) is 5.61. The van der Waals surface area contributed by atoms with E-state index in [0.717, 1.165) is 0 Å². The maximum absolute atomic E-state index is 12.8. The third kappa shape index (κ3) is 4.42. The fourth-order valence-corrected chi connectivity index (χ4v) is 3.54. The summed E-state index contributed by atoms with van der Waals surface area (Å²) in [7, 11) is -2.75. The molecule has 140 valence electrons. The van der Waals surface area contributed by atoms with Crippen LogP contribution in [0.15, 0.2) is 70.1 Å². The van der Waals surface area contributed by atoms with Gasteiger partial charge in [0.1, 0.15) is 0 Å². The molecule has 0 aliphatic carbocycles. The van der Waals surface area contributed by atoms with Gasteiger partial charge in [-0.25, -0.2) is 13.1 Å². The molecular weight excluding hydrogens is 368 g/mol. The highest BCUT2D eigenvalue weighted by molar-refractivity contribution is 7.89. The number of methoxy groups -OCH3 is 1. The maximum atomic E-state index is 12.8. The van der Waals surface area contributed by atoms with Gasteiger partial charge in [0.15, 0.2) is 5.76 Å². The topological polar surface area (TPSA) is 98.5 Å². The van der Waals surface area contributed by atoms with Gasteiger partial charge in [-0.1, -0.05) is 48.5 Å². The second kappa shape index (κ2) is 8.15. The third-order valence-corrected chi connectivity index (χ3v) is 5.13. The van der Waals surface area contributed by atoms with Crippen molar-refractivity contribution in [3.05, 3.63) is 60.7 Å². The van der Waals surface area contributed by atoms with Crippen molar-refractivity contribution in [2.24, 2.45) is 0 Å². The second-order valence-corrected chi connectivity index (χ2v) is 7.29. The van der Waals surface area contributed by atoms with E-state index in [1.165, 1.54) is 7.11 Å². The molecule has 3 rings (SSSR count). The molecule has 3 aromatic rings. The molecule has 7 nitrogen and oxygen atoms in total. The summed E-state index contributed by atoms with van der Waals surface area (Å²) < 4.78 is 38.2. The normalized spacial score (nSPS) is 11.3. The first-order chi connectivity index (χ1) is 13.0. The van der Waals surface area contributed by atoms with Gasteiger partial charge >= 0.3 is 5.97 Å². The number of carbonyl (C=O) groups excluding carboxylic acids is 1. The van der Waals surface area contributed by atoms with Gasteiger partial charge in [-0.15, -0.1) is 0 Å². The van der Waals surface area contributed by atoms with E-state index in [-0.39, 0.29) is 29.6 Å². The van der Waals surface area contributed by atoms with Crippen LogP contribution < -0.4 is 4.72 Å². The SMILES string of the molecule is COC(=O)CCNS(=O)(=O)c1nc(-c2ccccc2)oc1-c1ccccc1. The van der Waals surface area contributed by atoms with E-state index >= 15 is 0 Å². The summed E-state index contributed by atoms with van der Waals surface area (Å²) >= 11 is 0. The molecule has 0 bridgehead atoms. The summed E-state index contributed by atoms with van der Waals surface area (Å²) in [6, 6.07) is 17.9. The number of nitrogens with zero attached hydrogens (tertiary/aromatic N) is 1. The van der Waals surface area contributed by atoms with Crippen LogP contribution in [0.2, 0.25) is 0 Å². The first-order valence-corrected chi connectivity index (χ1v) is 9.68. The molecule has 0 saturated heterocycles. The molecule has 0 fully saturated rings. The smallest absolute Gasteiger partial charge is 0.306 e. The predicted molar refractivity (Wildman–Crippen MR) is 99.2 cm³/mol. The number of rotatable bonds is 7. The first-order valence-electron chi connectivity index (χ1n) is 8.19. The summed E-state index contributed by atoms with van der Waals surface area (Å²) in [6.45, 7) is -0.100. The van der Waals surface area contributed by atoms with Crippen LogP contribution in [-0.2, 0) is 19.6 Å². The number of carbonyl (C=O) groups is 1. The molecule has 8 heteroatoms. The van der Waals surface area contributed by atoms with E-state index < -0.39 is 16.0 Å². The monoisotopic (exact) mass is 386 g/mol. The Morgan fingerprint density at radius 3 is 2.22 bits per heavy atom. The Hall–Kier alpha value is -2.97. The van der Waals surface area contributed by atoms with Gasteiger partial charge in [-0.3, -0.25) is 4.79 Å². The predicted octanol–water partition coefficient (Wildman–Crippen LogP) is 2.85. The van der Waals surface area contributed by atoms with E-state index in [2.05, 4.69) is 14.4 Å². The minimum absolute atomic E-state index is 0.0835. The van der Waals surface area contributed by atoms with E-state index in [1.807, 2.05) is 24.3 Å². The van der Waals surface area contributed by atoms with Crippen molar-refractivity contribution < 1.29 is 22.4 Å². The molecule has 1 N–H and O–H groups in total. The van der Waals surface area contributed by atoms with Crippen LogP contribution in [0.1, 0.15) is 6.42 Å². The van der Waals surface area contributed by atoms with E-state index in [1.54, 1.807) is 36.4 Å². The summed E-state index contributed by atoms with van der Waals surface area (Å²) in [6.07, 6.45) is -0.0835. The Bertz CT molecular complexity index is 1010. The molecule has 0 spiro atoms. The summed E-state index contributed by atoms with van der Waals surface area (Å²) in [4.78, 5) is 15.4. The molecule has 0 aliphatic heterocycles. The van der Waals surface area contributed by atoms with Gasteiger partial charge in [0.25, 0.3) is 10.0 Å². The zero-order valence-electron chi connectivity index (χ0n) is 14.6. The minimum Gasteiger partial charge on any atom is -0.469 e. The van der Waals surface area contributed by atoms with Crippen LogP contribution in [0.25, 0.3) is 22.8 Å². The minimum atomic E-state index is -3.99. The highest BCUT2D eigenvalue weighted by atomic mass is 32.2. The summed E-state index contributed by atoms with van der Waals surface area (Å²) in [5.41, 5.74) is 1.24. The maximum Gasteiger partial charge on any atom is 0.306 e. The fourth-order valence-electron chi connectivity index (χ4n) is 2.42. The molecule has 0 atom stereocenters. The summed E-state index contributed by atoms with van der Waals surface area (Å²) in [5.74, 6) is -0.172. The number of sulfonamides is 1. The fraction of sp³-hybridized carbons (Fsp3) is 0.158. The number of oxazole rings is 1. The van der Waals surface area contributed by atoms with Crippen LogP contribution >= 0.6 is 0 Å². The lowest BCUT2D eigenvalue weighted by molar-refractivity contribution is -0.140. The van der Waals surface area contributed by atoms with Crippen LogP contribution in [-0.4, -0.2) is 33.0 Å². The molecule has 0 amide bonds. The van der Waals surface area contributed by atoms with Crippen molar-refractivity contribution >= 4 is 16.0 Å². The highest BCUT2D eigenvalue weighted by Gasteiger charge is 2.27. The molecule has 1 aromatic heterocycles. The molecular formula is C19H18N2O5S. The summed E-state index contributed by atoms with van der Waals surface area (Å²) in [5, 5.41) is -0.225. The van der Waals surface area contributed by atoms with Gasteiger partial charge in [0, 0.05) is 17.7 Å². The zero-order valence-corrected chi connectivity index (χ0v) is 15.4. The van der Waals surface area contributed by atoms with E-state index in [9.17, 15) is 13.2 Å². The van der Waals surface area contributed by atoms with Crippen LogP contribution in [0.4, 0.5) is 0 Å². The lowest BCUT2D eigenvalue weighted by Gasteiger charge is -2.05. The van der Waals surface area contributed by atoms with Crippen molar-refractivity contribution in [2.75, 3.05) is 13.7 Å². The Labute approximate surface area is 157 Å². The number of benzene rings is 2. The molecule has 27 heavy (non-hydrogen) atoms. The van der Waals surface area contributed by atoms with Crippen molar-refractivity contribution in [3.8, 4) is 22.8 Å². The van der Waals surface area contributed by atoms with Crippen LogP contribution in [0.3, 0.4) is 0 Å². The van der Waals surface area contributed by atoms with Crippen LogP contribution in [0.5, 0.6) is 0 Å². The number of hydrogen-bond acceptors (Lipinski definition) is 6. The van der Waals surface area contributed by atoms with E-state index in [0.29, 0.717) is 11.1 Å². The van der Waals surface area contributed by atoms with E-state index in [4.69, 9.17) is 4.42 Å². The lowest BCUT2D eigenvalue weighted by Crippen LogP contribution is -2.27. The molecule has 0 aliphatic rings. The van der Waals surface area contributed by atoms with Crippen molar-refractivity contribution in [1.29, 1.82) is 0 Å². The average molecular weight is 386 g/mol. The first kappa shape index (κ1) is 18.8. The molecule has 1 heterocycles. The number of nitrogens with one attached hydrogen (secondary N) is 1. The largest absolute Gasteiger partial charge is 0.469 e. The van der Waals surface area contributed by atoms with Gasteiger partial charge in [-0.2, -0.15) is 4.98 Å². The lowest BCUT2D eigenvalue weighted by atomic mass is 10.2. The molecule has 2 aromatic carbocycles. The van der Waals surface area contributed by atoms with Crippen LogP contribution in [0, 0.1) is 0 Å². The average Bonchev–Trinajstić information content (AvgIpc) is 3.15. The van der Waals surface area contributed by atoms with Gasteiger partial charge in [0.2, 0.25) is 10.9 Å². The highest BCUT2D eigenvalue weighted by Crippen LogP contribution is 2.32. The Balaban J connectivity index is 2.00. The Morgan fingerprint density at radius 2 is 1.63 bits per heavy atom. The zero-order chi connectivity index (χ0) is 19.3. The number of hydrogen-bond donors (Lipinski definition) is 1. The van der Waals surface area contributed by atoms with Crippen molar-refractivity contribution in [3.63, 3.8) is 0 Å². The van der Waals surface area contributed by atoms with Gasteiger partial charge in [0.05, 0.1) is 13.5 Å². The Kier molecular flexibility index (Phi) is 5.68. The third-order valence-electron chi connectivity index (χ3n) is 3.76. The standard InChI is InChI=1S/C19H18N2O5S/c1-25-16(22)12-13-20-27(23,24)19-17(14-8-4-2-5-9-14)26-18(21-19)15-10-6-3-7-11-15/h2-11,20H,12-13H2,1H3. The van der Waals surface area contributed by atoms with Gasteiger partial charge < -0.3 is 9.15 Å².